The second-order valence-electron chi connectivity index (χ2n) is 8.84. The molecule has 1 saturated heterocycles. The zero-order valence-corrected chi connectivity index (χ0v) is 19.8. The van der Waals surface area contributed by atoms with E-state index >= 15 is 0 Å². The number of nitrogens with zero attached hydrogens (tertiary/aromatic N) is 2. The zero-order chi connectivity index (χ0) is 23.0. The molecule has 33 heavy (non-hydrogen) atoms. The maximum absolute atomic E-state index is 12.1. The van der Waals surface area contributed by atoms with Gasteiger partial charge in [-0.3, -0.25) is 4.79 Å². The second kappa shape index (κ2) is 11.3. The number of hydrogen-bond acceptors (Lipinski definition) is 4. The summed E-state index contributed by atoms with van der Waals surface area (Å²) in [6.45, 7) is 7.14. The Kier molecular flexibility index (Phi) is 8.00. The maximum Gasteiger partial charge on any atom is 0.249 e. The molecule has 3 aromatic rings. The number of rotatable bonds is 11. The molecule has 1 fully saturated rings. The van der Waals surface area contributed by atoms with Gasteiger partial charge < -0.3 is 19.4 Å². The van der Waals surface area contributed by atoms with Gasteiger partial charge >= 0.3 is 0 Å². The number of para-hydroxylation sites is 3. The number of aryl methyl sites for hydroxylation is 4. The average Bonchev–Trinajstić information content (AvgIpc) is 3.47. The summed E-state index contributed by atoms with van der Waals surface area (Å²) in [6, 6.07) is 14.6. The van der Waals surface area contributed by atoms with Gasteiger partial charge in [-0.05, 0) is 69.2 Å². The third kappa shape index (κ3) is 5.93. The molecule has 0 saturated carbocycles. The van der Waals surface area contributed by atoms with Gasteiger partial charge in [0.25, 0.3) is 0 Å². The maximum atomic E-state index is 12.1. The number of amides is 1. The van der Waals surface area contributed by atoms with Crippen LogP contribution in [0.4, 0.5) is 0 Å². The van der Waals surface area contributed by atoms with E-state index in [0.717, 1.165) is 62.2 Å². The molecular weight excluding hydrogens is 414 g/mol. The van der Waals surface area contributed by atoms with Crippen molar-refractivity contribution in [2.45, 2.75) is 65.0 Å². The van der Waals surface area contributed by atoms with Crippen LogP contribution in [0, 0.1) is 13.8 Å². The van der Waals surface area contributed by atoms with Gasteiger partial charge in [-0.15, -0.1) is 0 Å². The Bertz CT molecular complexity index is 1050. The van der Waals surface area contributed by atoms with E-state index in [-0.39, 0.29) is 12.0 Å². The van der Waals surface area contributed by atoms with Crippen molar-refractivity contribution in [1.82, 2.24) is 14.9 Å². The van der Waals surface area contributed by atoms with E-state index in [1.807, 2.05) is 6.07 Å². The average molecular weight is 450 g/mol. The van der Waals surface area contributed by atoms with Crippen molar-refractivity contribution in [3.05, 3.63) is 59.4 Å². The molecular formula is C27H35N3O3. The first-order valence-corrected chi connectivity index (χ1v) is 12.2. The Balaban J connectivity index is 1.29. The fourth-order valence-electron chi connectivity index (χ4n) is 4.50. The van der Waals surface area contributed by atoms with E-state index < -0.39 is 0 Å². The molecule has 1 aliphatic heterocycles. The highest BCUT2D eigenvalue weighted by Crippen LogP contribution is 2.23. The van der Waals surface area contributed by atoms with Crippen molar-refractivity contribution in [3.8, 4) is 5.75 Å². The van der Waals surface area contributed by atoms with E-state index in [4.69, 9.17) is 14.5 Å². The lowest BCUT2D eigenvalue weighted by molar-refractivity contribution is -0.130. The van der Waals surface area contributed by atoms with Gasteiger partial charge in [-0.25, -0.2) is 4.98 Å². The van der Waals surface area contributed by atoms with Crippen molar-refractivity contribution in [3.63, 3.8) is 0 Å². The Morgan fingerprint density at radius 2 is 1.94 bits per heavy atom. The number of imidazole rings is 1. The third-order valence-corrected chi connectivity index (χ3v) is 6.26. The van der Waals surface area contributed by atoms with Crippen LogP contribution in [0.15, 0.2) is 42.5 Å². The fourth-order valence-corrected chi connectivity index (χ4v) is 4.50. The molecule has 0 spiro atoms. The predicted molar refractivity (Wildman–Crippen MR) is 131 cm³/mol. The minimum Gasteiger partial charge on any atom is -0.493 e. The first-order valence-electron chi connectivity index (χ1n) is 12.2. The van der Waals surface area contributed by atoms with Crippen LogP contribution in [0.3, 0.4) is 0 Å². The van der Waals surface area contributed by atoms with Crippen LogP contribution in [-0.2, 0) is 22.5 Å². The van der Waals surface area contributed by atoms with Gasteiger partial charge in [0.2, 0.25) is 5.91 Å². The van der Waals surface area contributed by atoms with E-state index in [1.165, 1.54) is 16.6 Å². The van der Waals surface area contributed by atoms with Gasteiger partial charge in [0.05, 0.1) is 17.6 Å². The molecule has 0 bridgehead atoms. The number of fused-ring (bicyclic) bond motifs is 1. The molecule has 6 nitrogen and oxygen atoms in total. The van der Waals surface area contributed by atoms with Crippen molar-refractivity contribution < 1.29 is 14.3 Å². The van der Waals surface area contributed by atoms with Crippen LogP contribution in [0.2, 0.25) is 0 Å². The summed E-state index contributed by atoms with van der Waals surface area (Å²) in [4.78, 5) is 17.0. The van der Waals surface area contributed by atoms with Gasteiger partial charge in [-0.1, -0.05) is 30.3 Å². The van der Waals surface area contributed by atoms with Crippen molar-refractivity contribution in [1.29, 1.82) is 0 Å². The summed E-state index contributed by atoms with van der Waals surface area (Å²) in [5.74, 6) is 2.11. The number of ether oxygens (including phenoxy) is 2. The van der Waals surface area contributed by atoms with Gasteiger partial charge in [0.1, 0.15) is 17.7 Å². The number of carbonyl (C=O) groups is 1. The highest BCUT2D eigenvalue weighted by Gasteiger charge is 2.22. The summed E-state index contributed by atoms with van der Waals surface area (Å²) >= 11 is 0. The Morgan fingerprint density at radius 1 is 1.12 bits per heavy atom. The quantitative estimate of drug-likeness (QED) is 0.430. The van der Waals surface area contributed by atoms with E-state index in [2.05, 4.69) is 60.1 Å². The van der Waals surface area contributed by atoms with Gasteiger partial charge in [-0.2, -0.15) is 0 Å². The highest BCUT2D eigenvalue weighted by molar-refractivity contribution is 5.80. The third-order valence-electron chi connectivity index (χ3n) is 6.26. The molecule has 6 heteroatoms. The fraction of sp³-hybridized carbons (Fsp3) is 0.481. The molecule has 1 aliphatic rings. The molecule has 2 heterocycles. The summed E-state index contributed by atoms with van der Waals surface area (Å²) < 4.78 is 13.9. The van der Waals surface area contributed by atoms with Gasteiger partial charge in [0, 0.05) is 26.1 Å². The smallest absolute Gasteiger partial charge is 0.249 e. The largest absolute Gasteiger partial charge is 0.493 e. The van der Waals surface area contributed by atoms with Gasteiger partial charge in [0.15, 0.2) is 0 Å². The summed E-state index contributed by atoms with van der Waals surface area (Å²) in [6.07, 6.45) is 5.23. The number of unbranched alkanes of at least 4 members (excludes halogenated alkanes) is 1. The van der Waals surface area contributed by atoms with Crippen molar-refractivity contribution >= 4 is 16.9 Å². The van der Waals surface area contributed by atoms with Crippen LogP contribution in [0.25, 0.3) is 11.0 Å². The molecule has 4 rings (SSSR count). The minimum atomic E-state index is -0.264. The molecule has 2 aromatic carbocycles. The normalized spacial score (nSPS) is 15.8. The molecule has 1 N–H and O–H groups in total. The summed E-state index contributed by atoms with van der Waals surface area (Å²) in [5, 5.41) is 3.02. The molecule has 1 unspecified atom stereocenters. The molecule has 0 aliphatic carbocycles. The van der Waals surface area contributed by atoms with Crippen LogP contribution < -0.4 is 10.1 Å². The Morgan fingerprint density at radius 3 is 2.73 bits per heavy atom. The number of hydrogen-bond donors (Lipinski definition) is 1. The molecule has 1 amide bonds. The predicted octanol–water partition coefficient (Wildman–Crippen LogP) is 4.74. The number of aromatic nitrogens is 2. The highest BCUT2D eigenvalue weighted by atomic mass is 16.5. The van der Waals surface area contributed by atoms with Crippen LogP contribution in [0.1, 0.15) is 49.1 Å². The monoisotopic (exact) mass is 449 g/mol. The Labute approximate surface area is 196 Å². The van der Waals surface area contributed by atoms with Crippen LogP contribution in [0.5, 0.6) is 5.75 Å². The molecule has 1 aromatic heterocycles. The second-order valence-corrected chi connectivity index (χ2v) is 8.84. The topological polar surface area (TPSA) is 65.4 Å². The van der Waals surface area contributed by atoms with Crippen LogP contribution in [-0.4, -0.2) is 41.3 Å². The van der Waals surface area contributed by atoms with Crippen molar-refractivity contribution in [2.75, 3.05) is 19.8 Å². The zero-order valence-electron chi connectivity index (χ0n) is 19.8. The number of benzene rings is 2. The number of nitrogens with one attached hydrogen (secondary N) is 1. The standard InChI is InChI=1S/C27H35N3O3/c1-20-10-7-11-21(2)26(20)33-18-6-5-17-30-23-13-4-3-12-22(23)29-25(30)15-8-16-28-27(31)24-14-9-19-32-24/h3-4,7,10-13,24H,5-6,8-9,14-19H2,1-2H3,(H,28,31). The van der Waals surface area contributed by atoms with Crippen molar-refractivity contribution in [2.24, 2.45) is 0 Å². The van der Waals surface area contributed by atoms with E-state index in [9.17, 15) is 4.79 Å². The molecule has 176 valence electrons. The summed E-state index contributed by atoms with van der Waals surface area (Å²) in [7, 11) is 0. The SMILES string of the molecule is Cc1cccc(C)c1OCCCCn1c(CCCNC(=O)C2CCCO2)nc2ccccc21. The lowest BCUT2D eigenvalue weighted by Crippen LogP contribution is -2.34. The lowest BCUT2D eigenvalue weighted by Gasteiger charge is -2.13. The molecule has 1 atom stereocenters. The lowest BCUT2D eigenvalue weighted by atomic mass is 10.1. The number of carbonyl (C=O) groups excluding carboxylic acids is 1. The Hall–Kier alpha value is -2.86. The van der Waals surface area contributed by atoms with E-state index in [0.29, 0.717) is 19.8 Å². The molecule has 0 radical (unpaired) electrons. The van der Waals surface area contributed by atoms with Crippen LogP contribution >= 0.6 is 0 Å². The van der Waals surface area contributed by atoms with E-state index in [1.54, 1.807) is 0 Å². The summed E-state index contributed by atoms with van der Waals surface area (Å²) in [5.41, 5.74) is 4.57. The first-order chi connectivity index (χ1) is 16.1. The first kappa shape index (κ1) is 23.3. The minimum absolute atomic E-state index is 0.0184.